The molecule has 0 N–H and O–H groups in total. The highest BCUT2D eigenvalue weighted by Gasteiger charge is 2.39. The van der Waals surface area contributed by atoms with E-state index in [4.69, 9.17) is 14.2 Å². The molecular formula is C19H27NO4. The van der Waals surface area contributed by atoms with Gasteiger partial charge in [0.05, 0.1) is 20.3 Å². The highest BCUT2D eigenvalue weighted by Crippen LogP contribution is 2.38. The summed E-state index contributed by atoms with van der Waals surface area (Å²) in [7, 11) is 3.26. The molecule has 2 fully saturated rings. The Balaban J connectivity index is 1.81. The number of rotatable bonds is 6. The molecule has 1 saturated carbocycles. The van der Waals surface area contributed by atoms with Gasteiger partial charge in [-0.2, -0.15) is 0 Å². The van der Waals surface area contributed by atoms with Gasteiger partial charge in [-0.3, -0.25) is 4.79 Å². The van der Waals surface area contributed by atoms with Crippen LogP contribution in [0.1, 0.15) is 50.6 Å². The molecule has 1 aromatic rings. The van der Waals surface area contributed by atoms with Gasteiger partial charge >= 0.3 is 0 Å². The van der Waals surface area contributed by atoms with E-state index in [2.05, 4.69) is 6.92 Å². The predicted octanol–water partition coefficient (Wildman–Crippen LogP) is 3.32. The van der Waals surface area contributed by atoms with Crippen LogP contribution in [0.5, 0.6) is 11.5 Å². The van der Waals surface area contributed by atoms with E-state index in [0.29, 0.717) is 24.1 Å². The number of carbonyl (C=O) groups excluding carboxylic acids is 1. The first-order chi connectivity index (χ1) is 11.7. The molecule has 1 amide bonds. The molecule has 5 nitrogen and oxygen atoms in total. The van der Waals surface area contributed by atoms with E-state index in [1.54, 1.807) is 14.2 Å². The lowest BCUT2D eigenvalue weighted by molar-refractivity contribution is -0.149. The van der Waals surface area contributed by atoms with Crippen molar-refractivity contribution >= 4 is 5.91 Å². The van der Waals surface area contributed by atoms with E-state index in [9.17, 15) is 4.79 Å². The minimum absolute atomic E-state index is 0.00432. The minimum atomic E-state index is -0.276. The zero-order valence-electron chi connectivity index (χ0n) is 14.8. The summed E-state index contributed by atoms with van der Waals surface area (Å²) in [6, 6.07) is 6.21. The summed E-state index contributed by atoms with van der Waals surface area (Å²) >= 11 is 0. The van der Waals surface area contributed by atoms with Crippen LogP contribution >= 0.6 is 0 Å². The Kier molecular flexibility index (Phi) is 5.29. The van der Waals surface area contributed by atoms with Gasteiger partial charge in [-0.05, 0) is 56.7 Å². The number of hydrogen-bond acceptors (Lipinski definition) is 4. The van der Waals surface area contributed by atoms with Gasteiger partial charge < -0.3 is 19.1 Å². The van der Waals surface area contributed by atoms with Gasteiger partial charge in [0, 0.05) is 12.6 Å². The second kappa shape index (κ2) is 7.43. The maximum atomic E-state index is 13.0. The Morgan fingerprint density at radius 1 is 1.17 bits per heavy atom. The molecule has 1 aromatic carbocycles. The summed E-state index contributed by atoms with van der Waals surface area (Å²) in [6.07, 6.45) is 4.84. The van der Waals surface area contributed by atoms with Crippen LogP contribution in [-0.4, -0.2) is 43.8 Å². The van der Waals surface area contributed by atoms with E-state index in [-0.39, 0.29) is 18.1 Å². The average molecular weight is 333 g/mol. The molecule has 1 aliphatic heterocycles. The van der Waals surface area contributed by atoms with Gasteiger partial charge in [-0.1, -0.05) is 6.07 Å². The van der Waals surface area contributed by atoms with Crippen LogP contribution in [0.4, 0.5) is 0 Å². The van der Waals surface area contributed by atoms with Crippen LogP contribution in [0.25, 0.3) is 0 Å². The van der Waals surface area contributed by atoms with Gasteiger partial charge in [-0.15, -0.1) is 0 Å². The van der Waals surface area contributed by atoms with Crippen molar-refractivity contribution in [1.82, 2.24) is 4.90 Å². The third kappa shape index (κ3) is 3.51. The highest BCUT2D eigenvalue weighted by atomic mass is 16.5. The number of benzene rings is 1. The van der Waals surface area contributed by atoms with Crippen molar-refractivity contribution in [3.8, 4) is 11.5 Å². The maximum absolute atomic E-state index is 13.0. The number of ether oxygens (including phenoxy) is 3. The van der Waals surface area contributed by atoms with Gasteiger partial charge in [0.25, 0.3) is 5.91 Å². The first-order valence-corrected chi connectivity index (χ1v) is 8.81. The van der Waals surface area contributed by atoms with E-state index < -0.39 is 0 Å². The maximum Gasteiger partial charge on any atom is 0.252 e. The van der Waals surface area contributed by atoms with Crippen molar-refractivity contribution in [2.45, 2.75) is 57.2 Å². The van der Waals surface area contributed by atoms with Crippen molar-refractivity contribution in [1.29, 1.82) is 0 Å². The third-order valence-corrected chi connectivity index (χ3v) is 4.96. The van der Waals surface area contributed by atoms with Crippen molar-refractivity contribution < 1.29 is 19.0 Å². The molecule has 1 saturated heterocycles. The number of nitrogens with zero attached hydrogens (tertiary/aromatic N) is 1. The quantitative estimate of drug-likeness (QED) is 0.801. The smallest absolute Gasteiger partial charge is 0.252 e. The molecular weight excluding hydrogens is 306 g/mol. The zero-order valence-corrected chi connectivity index (χ0v) is 14.8. The molecule has 0 spiro atoms. The SMILES string of the molecule is COc1ccc([C@H](C)N(C(=O)[C@H]2CCCCO2)C2CC2)cc1OC. The Morgan fingerprint density at radius 3 is 2.50 bits per heavy atom. The van der Waals surface area contributed by atoms with Crippen molar-refractivity contribution in [3.63, 3.8) is 0 Å². The molecule has 0 radical (unpaired) electrons. The number of carbonyl (C=O) groups is 1. The lowest BCUT2D eigenvalue weighted by Crippen LogP contribution is -2.44. The highest BCUT2D eigenvalue weighted by molar-refractivity contribution is 5.82. The summed E-state index contributed by atoms with van der Waals surface area (Å²) in [5.41, 5.74) is 1.06. The number of amides is 1. The van der Waals surface area contributed by atoms with Crippen molar-refractivity contribution in [2.24, 2.45) is 0 Å². The van der Waals surface area contributed by atoms with Crippen LogP contribution in [-0.2, 0) is 9.53 Å². The van der Waals surface area contributed by atoms with Crippen molar-refractivity contribution in [3.05, 3.63) is 23.8 Å². The number of hydrogen-bond donors (Lipinski definition) is 0. The molecule has 132 valence electrons. The molecule has 5 heteroatoms. The Hall–Kier alpha value is -1.75. The zero-order chi connectivity index (χ0) is 17.1. The van der Waals surface area contributed by atoms with Crippen LogP contribution in [0, 0.1) is 0 Å². The summed E-state index contributed by atoms with van der Waals surface area (Å²) < 4.78 is 16.4. The largest absolute Gasteiger partial charge is 0.493 e. The van der Waals surface area contributed by atoms with Crippen LogP contribution in [0.2, 0.25) is 0 Å². The third-order valence-electron chi connectivity index (χ3n) is 4.96. The van der Waals surface area contributed by atoms with Gasteiger partial charge in [0.15, 0.2) is 11.5 Å². The summed E-state index contributed by atoms with van der Waals surface area (Å²) in [4.78, 5) is 15.0. The van der Waals surface area contributed by atoms with Crippen LogP contribution in [0.3, 0.4) is 0 Å². The van der Waals surface area contributed by atoms with Crippen molar-refractivity contribution in [2.75, 3.05) is 20.8 Å². The Morgan fingerprint density at radius 2 is 1.92 bits per heavy atom. The molecule has 0 aromatic heterocycles. The second-order valence-corrected chi connectivity index (χ2v) is 6.62. The molecule has 0 unspecified atom stereocenters. The van der Waals surface area contributed by atoms with Crippen LogP contribution < -0.4 is 9.47 Å². The predicted molar refractivity (Wildman–Crippen MR) is 91.4 cm³/mol. The van der Waals surface area contributed by atoms with E-state index in [1.807, 2.05) is 23.1 Å². The fourth-order valence-corrected chi connectivity index (χ4v) is 3.41. The number of methoxy groups -OCH3 is 2. The molecule has 24 heavy (non-hydrogen) atoms. The summed E-state index contributed by atoms with van der Waals surface area (Å²) in [5.74, 6) is 1.53. The van der Waals surface area contributed by atoms with E-state index >= 15 is 0 Å². The molecule has 0 bridgehead atoms. The second-order valence-electron chi connectivity index (χ2n) is 6.62. The molecule has 2 atom stereocenters. The van der Waals surface area contributed by atoms with E-state index in [0.717, 1.165) is 37.7 Å². The standard InChI is InChI=1S/C19H27NO4/c1-13(14-7-10-16(22-2)18(12-14)23-3)20(15-8-9-15)19(21)17-6-4-5-11-24-17/h7,10,12-13,15,17H,4-6,8-9,11H2,1-3H3/t13-,17+/m0/s1. The minimum Gasteiger partial charge on any atom is -0.493 e. The van der Waals surface area contributed by atoms with Gasteiger partial charge in [0.2, 0.25) is 0 Å². The first kappa shape index (κ1) is 17.1. The monoisotopic (exact) mass is 333 g/mol. The Bertz CT molecular complexity index is 579. The summed E-state index contributed by atoms with van der Waals surface area (Å²) in [5, 5.41) is 0. The van der Waals surface area contributed by atoms with Gasteiger partial charge in [-0.25, -0.2) is 0 Å². The summed E-state index contributed by atoms with van der Waals surface area (Å²) in [6.45, 7) is 2.78. The molecule has 3 rings (SSSR count). The lowest BCUT2D eigenvalue weighted by Gasteiger charge is -2.34. The lowest BCUT2D eigenvalue weighted by atomic mass is 10.0. The fraction of sp³-hybridized carbons (Fsp3) is 0.632. The normalized spacial score (nSPS) is 21.9. The molecule has 1 heterocycles. The van der Waals surface area contributed by atoms with Gasteiger partial charge in [0.1, 0.15) is 6.10 Å². The fourth-order valence-electron chi connectivity index (χ4n) is 3.41. The molecule has 2 aliphatic rings. The Labute approximate surface area is 143 Å². The first-order valence-electron chi connectivity index (χ1n) is 8.81. The van der Waals surface area contributed by atoms with E-state index in [1.165, 1.54) is 0 Å². The topological polar surface area (TPSA) is 48.0 Å². The average Bonchev–Trinajstić information content (AvgIpc) is 3.46. The molecule has 1 aliphatic carbocycles. The van der Waals surface area contributed by atoms with Crippen LogP contribution in [0.15, 0.2) is 18.2 Å².